The van der Waals surface area contributed by atoms with E-state index in [4.69, 9.17) is 14.2 Å². The zero-order chi connectivity index (χ0) is 21.6. The van der Waals surface area contributed by atoms with Crippen LogP contribution in [0.2, 0.25) is 0 Å². The van der Waals surface area contributed by atoms with Crippen LogP contribution >= 0.6 is 11.3 Å². The van der Waals surface area contributed by atoms with Crippen molar-refractivity contribution in [3.8, 4) is 22.9 Å². The first-order valence-corrected chi connectivity index (χ1v) is 9.52. The Morgan fingerprint density at radius 1 is 1.17 bits per heavy atom. The van der Waals surface area contributed by atoms with Crippen LogP contribution in [0.4, 0.5) is 5.00 Å². The van der Waals surface area contributed by atoms with Crippen LogP contribution < -0.4 is 10.1 Å². The maximum Gasteiger partial charge on any atom is 0.350 e. The molecule has 29 heavy (non-hydrogen) atoms. The molecule has 7 nitrogen and oxygen atoms in total. The van der Waals surface area contributed by atoms with E-state index >= 15 is 0 Å². The van der Waals surface area contributed by atoms with E-state index in [1.165, 1.54) is 24.6 Å². The minimum Gasteiger partial charge on any atom is -0.497 e. The number of methoxy groups -OCH3 is 2. The van der Waals surface area contributed by atoms with Crippen LogP contribution in [0.15, 0.2) is 41.4 Å². The van der Waals surface area contributed by atoms with Crippen LogP contribution in [0.5, 0.6) is 5.75 Å². The molecule has 152 valence electrons. The third kappa shape index (κ3) is 5.59. The highest BCUT2D eigenvalue weighted by Gasteiger charge is 2.23. The Balaban J connectivity index is 2.38. The number of nitrogens with one attached hydrogen (secondary N) is 1. The number of nitrogens with zero attached hydrogens (tertiary/aromatic N) is 1. The molecule has 0 aliphatic rings. The number of esters is 2. The second-order valence-electron chi connectivity index (χ2n) is 6.89. The minimum absolute atomic E-state index is 0.213. The molecule has 0 atom stereocenters. The summed E-state index contributed by atoms with van der Waals surface area (Å²) in [5.41, 5.74) is 0.827. The molecule has 1 aromatic heterocycles. The molecule has 0 aliphatic carbocycles. The molecule has 8 heteroatoms. The van der Waals surface area contributed by atoms with E-state index in [1.54, 1.807) is 45.4 Å². The van der Waals surface area contributed by atoms with Crippen LogP contribution in [0, 0.1) is 11.3 Å². The molecule has 0 spiro atoms. The Kier molecular flexibility index (Phi) is 7.02. The highest BCUT2D eigenvalue weighted by Crippen LogP contribution is 2.36. The normalized spacial score (nSPS) is 11.4. The second kappa shape index (κ2) is 9.26. The van der Waals surface area contributed by atoms with Crippen LogP contribution in [0.3, 0.4) is 0 Å². The molecule has 0 amide bonds. The van der Waals surface area contributed by atoms with Gasteiger partial charge in [-0.3, -0.25) is 0 Å². The Labute approximate surface area is 173 Å². The first-order chi connectivity index (χ1) is 13.7. The summed E-state index contributed by atoms with van der Waals surface area (Å²) in [4.78, 5) is 24.5. The number of hydrogen-bond acceptors (Lipinski definition) is 8. The van der Waals surface area contributed by atoms with Gasteiger partial charge in [0, 0.05) is 17.1 Å². The lowest BCUT2D eigenvalue weighted by Gasteiger charge is -2.18. The van der Waals surface area contributed by atoms with Crippen molar-refractivity contribution in [3.63, 3.8) is 0 Å². The highest BCUT2D eigenvalue weighted by atomic mass is 32.1. The van der Waals surface area contributed by atoms with E-state index in [1.807, 2.05) is 18.2 Å². The molecule has 0 fully saturated rings. The van der Waals surface area contributed by atoms with Gasteiger partial charge in [-0.05, 0) is 38.5 Å². The molecular weight excluding hydrogens is 392 g/mol. The number of carbonyl (C=O) groups is 2. The largest absolute Gasteiger partial charge is 0.497 e. The monoisotopic (exact) mass is 414 g/mol. The number of carbonyl (C=O) groups excluding carboxylic acids is 2. The van der Waals surface area contributed by atoms with Gasteiger partial charge >= 0.3 is 11.9 Å². The van der Waals surface area contributed by atoms with Crippen LogP contribution in [0.25, 0.3) is 11.1 Å². The fraction of sp³-hybridized carbons (Fsp3) is 0.286. The lowest BCUT2D eigenvalue weighted by molar-refractivity contribution is -0.149. The fourth-order valence-corrected chi connectivity index (χ4v) is 3.29. The number of nitriles is 1. The molecule has 2 aromatic rings. The van der Waals surface area contributed by atoms with Gasteiger partial charge in [0.1, 0.15) is 28.0 Å². The van der Waals surface area contributed by atoms with Gasteiger partial charge in [-0.1, -0.05) is 12.1 Å². The van der Waals surface area contributed by atoms with Crippen molar-refractivity contribution in [2.75, 3.05) is 19.5 Å². The molecule has 1 aromatic carbocycles. The average molecular weight is 414 g/mol. The van der Waals surface area contributed by atoms with Crippen molar-refractivity contribution in [2.24, 2.45) is 0 Å². The molecule has 0 unspecified atom stereocenters. The van der Waals surface area contributed by atoms with Crippen molar-refractivity contribution < 1.29 is 23.8 Å². The van der Waals surface area contributed by atoms with Gasteiger partial charge < -0.3 is 19.5 Å². The Hall–Kier alpha value is -3.31. The lowest BCUT2D eigenvalue weighted by atomic mass is 10.0. The van der Waals surface area contributed by atoms with Crippen LogP contribution in [0.1, 0.15) is 31.1 Å². The quantitative estimate of drug-likeness (QED) is 0.426. The number of benzene rings is 1. The predicted molar refractivity (Wildman–Crippen MR) is 111 cm³/mol. The van der Waals surface area contributed by atoms with E-state index in [0.29, 0.717) is 21.9 Å². The Bertz CT molecular complexity index is 962. The molecule has 1 heterocycles. The standard InChI is InChI=1S/C21H22N2O5S/c1-21(2,3)28-19(24)14(10-22)11-23-18-17(20(25)27-5)16(12-29-18)13-6-8-15(26-4)9-7-13/h6-9,11-12,23H,1-5H3/b14-11-. The van der Waals surface area contributed by atoms with Gasteiger partial charge in [0.2, 0.25) is 0 Å². The van der Waals surface area contributed by atoms with Crippen LogP contribution in [-0.4, -0.2) is 31.8 Å². The third-order valence-corrected chi connectivity index (χ3v) is 4.58. The SMILES string of the molecule is COC(=O)c1c(-c2ccc(OC)cc2)csc1N/C=C(/C#N)C(=O)OC(C)(C)C. The second-order valence-corrected chi connectivity index (χ2v) is 7.77. The molecule has 0 radical (unpaired) electrons. The van der Waals surface area contributed by atoms with Crippen molar-refractivity contribution in [3.05, 3.63) is 47.0 Å². The third-order valence-electron chi connectivity index (χ3n) is 3.67. The van der Waals surface area contributed by atoms with Gasteiger partial charge in [-0.25, -0.2) is 9.59 Å². The Morgan fingerprint density at radius 2 is 1.83 bits per heavy atom. The first kappa shape index (κ1) is 22.0. The van der Waals surface area contributed by atoms with Crippen molar-refractivity contribution in [1.82, 2.24) is 0 Å². The van der Waals surface area contributed by atoms with Gasteiger partial charge in [-0.2, -0.15) is 5.26 Å². The van der Waals surface area contributed by atoms with E-state index in [0.717, 1.165) is 5.56 Å². The van der Waals surface area contributed by atoms with E-state index < -0.39 is 17.5 Å². The smallest absolute Gasteiger partial charge is 0.350 e. The van der Waals surface area contributed by atoms with Crippen LogP contribution in [-0.2, 0) is 14.3 Å². The summed E-state index contributed by atoms with van der Waals surface area (Å²) in [6.07, 6.45) is 1.23. The molecule has 0 saturated carbocycles. The summed E-state index contributed by atoms with van der Waals surface area (Å²) >= 11 is 1.25. The zero-order valence-electron chi connectivity index (χ0n) is 16.9. The highest BCUT2D eigenvalue weighted by molar-refractivity contribution is 7.15. The van der Waals surface area contributed by atoms with Crippen molar-refractivity contribution in [1.29, 1.82) is 5.26 Å². The number of hydrogen-bond donors (Lipinski definition) is 1. The topological polar surface area (TPSA) is 97.6 Å². The lowest BCUT2D eigenvalue weighted by Crippen LogP contribution is -2.24. The number of thiophene rings is 1. The maximum absolute atomic E-state index is 12.4. The van der Waals surface area contributed by atoms with Gasteiger partial charge in [-0.15, -0.1) is 11.3 Å². The summed E-state index contributed by atoms with van der Waals surface area (Å²) in [7, 11) is 2.87. The van der Waals surface area contributed by atoms with Crippen molar-refractivity contribution in [2.45, 2.75) is 26.4 Å². The minimum atomic E-state index is -0.751. The molecule has 0 saturated heterocycles. The molecule has 1 N–H and O–H groups in total. The van der Waals surface area contributed by atoms with E-state index in [-0.39, 0.29) is 5.57 Å². The molecule has 0 bridgehead atoms. The average Bonchev–Trinajstić information content (AvgIpc) is 3.10. The Morgan fingerprint density at radius 3 is 2.34 bits per heavy atom. The first-order valence-electron chi connectivity index (χ1n) is 8.64. The summed E-state index contributed by atoms with van der Waals surface area (Å²) in [5, 5.41) is 14.4. The van der Waals surface area contributed by atoms with E-state index in [9.17, 15) is 14.9 Å². The molecular formula is C21H22N2O5S. The predicted octanol–water partition coefficient (Wildman–Crippen LogP) is 4.37. The summed E-state index contributed by atoms with van der Waals surface area (Å²) < 4.78 is 15.3. The number of ether oxygens (including phenoxy) is 3. The maximum atomic E-state index is 12.4. The van der Waals surface area contributed by atoms with Crippen molar-refractivity contribution >= 4 is 28.3 Å². The molecule has 0 aliphatic heterocycles. The zero-order valence-corrected chi connectivity index (χ0v) is 17.7. The number of anilines is 1. The summed E-state index contributed by atoms with van der Waals surface area (Å²) in [6.45, 7) is 5.13. The summed E-state index contributed by atoms with van der Waals surface area (Å²) in [5.74, 6) is -0.594. The number of rotatable bonds is 6. The van der Waals surface area contributed by atoms with Gasteiger partial charge in [0.05, 0.1) is 14.2 Å². The van der Waals surface area contributed by atoms with E-state index in [2.05, 4.69) is 5.32 Å². The van der Waals surface area contributed by atoms with Gasteiger partial charge in [0.25, 0.3) is 0 Å². The fourth-order valence-electron chi connectivity index (χ4n) is 2.36. The molecule has 2 rings (SSSR count). The summed E-state index contributed by atoms with van der Waals surface area (Å²) in [6, 6.07) is 9.04. The van der Waals surface area contributed by atoms with Gasteiger partial charge in [0.15, 0.2) is 5.57 Å².